The van der Waals surface area contributed by atoms with Gasteiger partial charge in [-0.05, 0) is 50.3 Å². The van der Waals surface area contributed by atoms with Crippen LogP contribution >= 0.6 is 0 Å². The van der Waals surface area contributed by atoms with Crippen LogP contribution in [-0.2, 0) is 18.9 Å². The predicted molar refractivity (Wildman–Crippen MR) is 262 cm³/mol. The number of nitrogens with zero attached hydrogens (tertiary/aromatic N) is 1. The Kier molecular flexibility index (Phi) is 47.1. The molecule has 0 aliphatic heterocycles. The van der Waals surface area contributed by atoms with Crippen LogP contribution in [0.1, 0.15) is 199 Å². The number of nitrogens with one attached hydrogen (secondary N) is 3. The maximum atomic E-state index is 12.5. The van der Waals surface area contributed by atoms with Gasteiger partial charge in [0.05, 0.1) is 60.7 Å². The van der Waals surface area contributed by atoms with E-state index in [1.165, 1.54) is 185 Å². The van der Waals surface area contributed by atoms with E-state index in [2.05, 4.69) is 45.6 Å². The molecule has 0 heterocycles. The molecular weight excluding hydrogens is 936 g/mol. The number of rotatable bonds is 44. The molecule has 1 rings (SSSR count). The third-order valence-electron chi connectivity index (χ3n) is 12.2. The van der Waals surface area contributed by atoms with E-state index in [1.54, 1.807) is 12.1 Å². The highest BCUT2D eigenvalue weighted by Gasteiger charge is 2.15. The zero-order valence-electron chi connectivity index (χ0n) is 42.3. The molecule has 0 aliphatic carbocycles. The second kappa shape index (κ2) is 46.7. The van der Waals surface area contributed by atoms with Gasteiger partial charge in [0.15, 0.2) is 0 Å². The topological polar surface area (TPSA) is 99.6 Å². The first-order valence-electron chi connectivity index (χ1n) is 25.9. The van der Waals surface area contributed by atoms with Crippen molar-refractivity contribution in [2.75, 3.05) is 97.6 Å². The fourth-order valence-corrected chi connectivity index (χ4v) is 7.88. The summed E-state index contributed by atoms with van der Waals surface area (Å²) in [6, 6.07) is 5.29. The summed E-state index contributed by atoms with van der Waals surface area (Å²) in [6.07, 6.45) is 37.6. The lowest BCUT2D eigenvalue weighted by Gasteiger charge is -2.29. The fraction of sp³-hybridized carbons (Fsp3) is 0.846. The number of quaternary nitrogens is 2. The van der Waals surface area contributed by atoms with Crippen LogP contribution in [0.5, 0.6) is 0 Å². The first-order chi connectivity index (χ1) is 30.2. The molecule has 1 unspecified atom stereocenters. The molecule has 0 spiro atoms. The largest absolute Gasteiger partial charge is 1.00 e. The van der Waals surface area contributed by atoms with Gasteiger partial charge in [-0.25, -0.2) is 9.59 Å². The maximum absolute atomic E-state index is 12.5. The minimum absolute atomic E-state index is 0. The molecule has 0 saturated heterocycles. The Labute approximate surface area is 415 Å². The van der Waals surface area contributed by atoms with Crippen LogP contribution in [0.25, 0.3) is 0 Å². The number of likely N-dealkylation sites (N-methyl/N-ethyl adjacent to an activating group) is 2. The number of amides is 2. The van der Waals surface area contributed by atoms with Crippen molar-refractivity contribution in [2.24, 2.45) is 0 Å². The van der Waals surface area contributed by atoms with Crippen molar-refractivity contribution in [3.63, 3.8) is 0 Å². The van der Waals surface area contributed by atoms with Gasteiger partial charge in [-0.3, -0.25) is 10.6 Å². The molecule has 0 aliphatic rings. The number of carbonyl (C=O) groups is 2. The zero-order valence-corrected chi connectivity index (χ0v) is 45.4. The molecule has 1 aromatic carbocycles. The van der Waals surface area contributed by atoms with Crippen molar-refractivity contribution < 1.29 is 71.9 Å². The summed E-state index contributed by atoms with van der Waals surface area (Å²) < 4.78 is 23.1. The van der Waals surface area contributed by atoms with E-state index >= 15 is 0 Å². The Hall–Kier alpha value is -1.44. The summed E-state index contributed by atoms with van der Waals surface area (Å²) in [4.78, 5) is 26.4. The van der Waals surface area contributed by atoms with Gasteiger partial charge in [-0.2, -0.15) is 0 Å². The van der Waals surface area contributed by atoms with Gasteiger partial charge in [0.2, 0.25) is 0 Å². The number of anilines is 2. The average molecular weight is 1040 g/mol. The van der Waals surface area contributed by atoms with Crippen molar-refractivity contribution in [3.05, 3.63) is 23.8 Å². The number of aryl methyl sites for hydroxylation is 1. The van der Waals surface area contributed by atoms with Gasteiger partial charge in [0, 0.05) is 11.4 Å². The summed E-state index contributed by atoms with van der Waals surface area (Å²) in [5.41, 5.74) is 1.92. The molecule has 64 heavy (non-hydrogen) atoms. The monoisotopic (exact) mass is 1030 g/mol. The van der Waals surface area contributed by atoms with E-state index in [0.29, 0.717) is 37.8 Å². The molecule has 1 aromatic rings. The van der Waals surface area contributed by atoms with Crippen molar-refractivity contribution in [1.82, 2.24) is 0 Å². The summed E-state index contributed by atoms with van der Waals surface area (Å²) in [5.74, 6) is 0. The van der Waals surface area contributed by atoms with E-state index in [9.17, 15) is 9.59 Å². The highest BCUT2D eigenvalue weighted by Crippen LogP contribution is 2.21. The fourth-order valence-electron chi connectivity index (χ4n) is 7.88. The van der Waals surface area contributed by atoms with E-state index in [1.807, 2.05) is 13.0 Å². The van der Waals surface area contributed by atoms with Crippen LogP contribution in [-0.4, -0.2) is 104 Å². The quantitative estimate of drug-likeness (QED) is 0.0499. The first kappa shape index (κ1) is 64.6. The molecule has 10 nitrogen and oxygen atoms in total. The molecule has 0 bridgehead atoms. The number of carbonyl (C=O) groups excluding carboxylic acids is 2. The Morgan fingerprint density at radius 1 is 0.500 bits per heavy atom. The Morgan fingerprint density at radius 3 is 1.38 bits per heavy atom. The minimum Gasteiger partial charge on any atom is -1.00 e. The number of unbranched alkanes of at least 4 members (excludes halogenated alkanes) is 26. The van der Waals surface area contributed by atoms with Gasteiger partial charge in [-0.1, -0.05) is 174 Å². The highest BCUT2D eigenvalue weighted by molar-refractivity contribution is 5.89. The second-order valence-electron chi connectivity index (χ2n) is 18.8. The van der Waals surface area contributed by atoms with E-state index < -0.39 is 12.2 Å². The molecule has 2 amide bonds. The second-order valence-corrected chi connectivity index (χ2v) is 18.8. The van der Waals surface area contributed by atoms with Gasteiger partial charge >= 0.3 is 12.2 Å². The van der Waals surface area contributed by atoms with Crippen LogP contribution < -0.4 is 49.5 Å². The smallest absolute Gasteiger partial charge is 0.411 e. The number of hydrogen-bond donors (Lipinski definition) is 3. The van der Waals surface area contributed by atoms with Gasteiger partial charge in [0.1, 0.15) is 26.3 Å². The third kappa shape index (κ3) is 42.0. The SMILES string of the molecule is CCCCCCCCCCCCCCCC[NH+](C)CCOCCOC(=O)Nc1cc(NC(=O)OCCOCC[N+](C)(C)CCCCCCCCCCCCCCCC)ccc1C.[Br-].[Br-]. The number of halogens is 2. The number of hydrogen-bond acceptors (Lipinski definition) is 6. The minimum atomic E-state index is -0.566. The number of benzene rings is 1. The molecule has 0 radical (unpaired) electrons. The predicted octanol–water partition coefficient (Wildman–Crippen LogP) is 6.69. The Balaban J connectivity index is 0. The average Bonchev–Trinajstić information content (AvgIpc) is 3.24. The van der Waals surface area contributed by atoms with Crippen LogP contribution in [0.3, 0.4) is 0 Å². The van der Waals surface area contributed by atoms with Crippen molar-refractivity contribution in [3.8, 4) is 0 Å². The van der Waals surface area contributed by atoms with Gasteiger partial charge < -0.3 is 62.3 Å². The lowest BCUT2D eigenvalue weighted by molar-refractivity contribution is -0.891. The maximum Gasteiger partial charge on any atom is 0.411 e. The van der Waals surface area contributed by atoms with Gasteiger partial charge in [0.25, 0.3) is 0 Å². The molecule has 378 valence electrons. The van der Waals surface area contributed by atoms with E-state index in [-0.39, 0.29) is 47.2 Å². The first-order valence-corrected chi connectivity index (χ1v) is 25.9. The molecular formula is C52H100Br2N4O6. The van der Waals surface area contributed by atoms with Crippen molar-refractivity contribution in [2.45, 2.75) is 201 Å². The lowest BCUT2D eigenvalue weighted by Crippen LogP contribution is -3.09. The zero-order chi connectivity index (χ0) is 45.2. The van der Waals surface area contributed by atoms with Crippen LogP contribution in [0, 0.1) is 6.92 Å². The highest BCUT2D eigenvalue weighted by atomic mass is 79.9. The summed E-state index contributed by atoms with van der Waals surface area (Å²) in [6.45, 7) is 12.9. The van der Waals surface area contributed by atoms with E-state index in [0.717, 1.165) is 36.2 Å². The van der Waals surface area contributed by atoms with Crippen LogP contribution in [0.4, 0.5) is 21.0 Å². The standard InChI is InChI=1S/C52H98N4O6.2BrH/c1-7-9-11-13-15-17-19-21-23-25-27-29-31-33-37-55(4)38-41-59-43-45-62-52(58)54-50-47-49(36-35-48(50)3)53-51(57)61-46-44-60-42-40-56(5,6)39-34-32-30-28-26-24-22-20-18-16-14-12-10-8-2;;/h35-36,47H,7-34,37-46H2,1-6H3,(H-,53,54,57,58);2*1H. The molecule has 0 fully saturated rings. The van der Waals surface area contributed by atoms with Crippen molar-refractivity contribution >= 4 is 23.6 Å². The lowest BCUT2D eigenvalue weighted by atomic mass is 10.0. The van der Waals surface area contributed by atoms with Crippen molar-refractivity contribution in [1.29, 1.82) is 0 Å². The summed E-state index contributed by atoms with van der Waals surface area (Å²) in [5, 5.41) is 5.51. The summed E-state index contributed by atoms with van der Waals surface area (Å²) in [7, 11) is 6.74. The Bertz CT molecular complexity index is 1200. The molecule has 1 atom stereocenters. The van der Waals surface area contributed by atoms with E-state index in [4.69, 9.17) is 18.9 Å². The molecule has 0 aromatic heterocycles. The Morgan fingerprint density at radius 2 is 0.906 bits per heavy atom. The van der Waals surface area contributed by atoms with Gasteiger partial charge in [-0.15, -0.1) is 0 Å². The summed E-state index contributed by atoms with van der Waals surface area (Å²) >= 11 is 0. The molecule has 0 saturated carbocycles. The number of ether oxygens (including phenoxy) is 4. The normalized spacial score (nSPS) is 11.7. The van der Waals surface area contributed by atoms with Crippen LogP contribution in [0.15, 0.2) is 18.2 Å². The molecule has 3 N–H and O–H groups in total. The molecule has 12 heteroatoms. The van der Waals surface area contributed by atoms with Crippen LogP contribution in [0.2, 0.25) is 0 Å². The third-order valence-corrected chi connectivity index (χ3v) is 12.2.